The lowest BCUT2D eigenvalue weighted by molar-refractivity contribution is -0.426. The highest BCUT2D eigenvalue weighted by Crippen LogP contribution is 2.10. The summed E-state index contributed by atoms with van der Waals surface area (Å²) in [4.78, 5) is 43.4. The van der Waals surface area contributed by atoms with Crippen LogP contribution < -0.4 is 0 Å². The predicted octanol–water partition coefficient (Wildman–Crippen LogP) is 3.54. The number of rotatable bonds is 9. The van der Waals surface area contributed by atoms with Gasteiger partial charge in [0.15, 0.2) is 0 Å². The van der Waals surface area contributed by atoms with Crippen LogP contribution in [-0.2, 0) is 24.3 Å². The Bertz CT molecular complexity index is 711. The van der Waals surface area contributed by atoms with Gasteiger partial charge in [0.25, 0.3) is 6.29 Å². The summed E-state index contributed by atoms with van der Waals surface area (Å²) in [7, 11) is 0. The van der Waals surface area contributed by atoms with E-state index in [0.29, 0.717) is 17.7 Å². The van der Waals surface area contributed by atoms with E-state index < -0.39 is 18.2 Å². The molecule has 0 amide bonds. The summed E-state index contributed by atoms with van der Waals surface area (Å²) < 4.78 is 5.18. The van der Waals surface area contributed by atoms with E-state index in [9.17, 15) is 9.59 Å². The molecule has 0 radical (unpaired) electrons. The van der Waals surface area contributed by atoms with Crippen LogP contribution in [0.3, 0.4) is 0 Å². The van der Waals surface area contributed by atoms with E-state index in [1.54, 1.807) is 43.3 Å². The summed E-state index contributed by atoms with van der Waals surface area (Å²) in [6.07, 6.45) is -1.23. The van der Waals surface area contributed by atoms with Gasteiger partial charge in [-0.2, -0.15) is 0 Å². The largest absolute Gasteiger partial charge is 0.376 e. The lowest BCUT2D eigenvalue weighted by atomic mass is 10.1. The summed E-state index contributed by atoms with van der Waals surface area (Å²) in [5, 5.41) is 0. The van der Waals surface area contributed by atoms with Crippen LogP contribution in [0.15, 0.2) is 48.5 Å². The van der Waals surface area contributed by atoms with Crippen LogP contribution in [0.5, 0.6) is 0 Å². The highest BCUT2D eigenvalue weighted by atomic mass is 17.3. The molecule has 0 bridgehead atoms. The van der Waals surface area contributed by atoms with E-state index in [2.05, 4.69) is 0 Å². The molecule has 2 aromatic carbocycles. The summed E-state index contributed by atoms with van der Waals surface area (Å²) >= 11 is 0. The molecular weight excluding hydrogens is 352 g/mol. The first kappa shape index (κ1) is 20.6. The Kier molecular flexibility index (Phi) is 7.94. The molecule has 0 atom stereocenters. The second kappa shape index (κ2) is 10.4. The van der Waals surface area contributed by atoms with Crippen LogP contribution in [0.25, 0.3) is 0 Å². The van der Waals surface area contributed by atoms with Crippen LogP contribution in [-0.4, -0.2) is 31.4 Å². The molecule has 0 heterocycles. The zero-order chi connectivity index (χ0) is 19.6. The van der Waals surface area contributed by atoms with E-state index in [4.69, 9.17) is 24.3 Å². The van der Waals surface area contributed by atoms with Crippen molar-refractivity contribution < 1.29 is 33.9 Å². The zero-order valence-corrected chi connectivity index (χ0v) is 15.5. The van der Waals surface area contributed by atoms with Gasteiger partial charge in [0, 0.05) is 6.61 Å². The first-order valence-electron chi connectivity index (χ1n) is 8.46. The third-order valence-corrected chi connectivity index (χ3v) is 3.43. The van der Waals surface area contributed by atoms with Gasteiger partial charge in [-0.15, -0.1) is 9.78 Å². The van der Waals surface area contributed by atoms with Crippen molar-refractivity contribution in [3.63, 3.8) is 0 Å². The monoisotopic (exact) mass is 374 g/mol. The number of carbonyl (C=O) groups is 2. The number of carbonyl (C=O) groups excluding carboxylic acids is 2. The Labute approximate surface area is 157 Å². The van der Waals surface area contributed by atoms with E-state index in [-0.39, 0.29) is 6.61 Å². The number of aryl methyl sites for hydroxylation is 2. The smallest absolute Gasteiger partial charge is 0.373 e. The van der Waals surface area contributed by atoms with Crippen molar-refractivity contribution in [2.75, 3.05) is 13.2 Å². The molecule has 0 spiro atoms. The fourth-order valence-electron chi connectivity index (χ4n) is 2.12. The first-order valence-corrected chi connectivity index (χ1v) is 8.46. The SMILES string of the molecule is CCOCC(OOC(=O)c1cccc(C)c1)OOC(=O)c1cccc(C)c1. The molecule has 0 saturated heterocycles. The maximum atomic E-state index is 12.0. The minimum Gasteiger partial charge on any atom is -0.376 e. The topological polar surface area (TPSA) is 80.3 Å². The number of hydrogen-bond acceptors (Lipinski definition) is 7. The summed E-state index contributed by atoms with van der Waals surface area (Å²) in [5.74, 6) is -1.40. The minimum atomic E-state index is -1.23. The van der Waals surface area contributed by atoms with Crippen molar-refractivity contribution >= 4 is 11.9 Å². The van der Waals surface area contributed by atoms with Crippen molar-refractivity contribution in [2.24, 2.45) is 0 Å². The van der Waals surface area contributed by atoms with Gasteiger partial charge in [-0.1, -0.05) is 35.4 Å². The molecule has 0 aliphatic rings. The Morgan fingerprint density at radius 3 is 1.74 bits per heavy atom. The van der Waals surface area contributed by atoms with Crippen LogP contribution >= 0.6 is 0 Å². The molecule has 0 aliphatic heterocycles. The summed E-state index contributed by atoms with van der Waals surface area (Å²) in [6.45, 7) is 5.75. The van der Waals surface area contributed by atoms with Crippen LogP contribution in [0.2, 0.25) is 0 Å². The zero-order valence-electron chi connectivity index (χ0n) is 15.5. The molecule has 7 heteroatoms. The molecular formula is C20H22O7. The van der Waals surface area contributed by atoms with Crippen LogP contribution in [0.1, 0.15) is 38.8 Å². The van der Waals surface area contributed by atoms with Gasteiger partial charge in [-0.25, -0.2) is 9.59 Å². The molecule has 0 N–H and O–H groups in total. The van der Waals surface area contributed by atoms with E-state index in [1.165, 1.54) is 0 Å². The van der Waals surface area contributed by atoms with Gasteiger partial charge in [0.05, 0.1) is 11.1 Å². The van der Waals surface area contributed by atoms with Gasteiger partial charge >= 0.3 is 11.9 Å². The minimum absolute atomic E-state index is 0.0985. The average molecular weight is 374 g/mol. The molecule has 2 aromatic rings. The third kappa shape index (κ3) is 6.82. The lowest BCUT2D eigenvalue weighted by Gasteiger charge is -2.15. The highest BCUT2D eigenvalue weighted by Gasteiger charge is 2.20. The molecule has 27 heavy (non-hydrogen) atoms. The number of ether oxygens (including phenoxy) is 1. The summed E-state index contributed by atoms with van der Waals surface area (Å²) in [5.41, 5.74) is 2.45. The van der Waals surface area contributed by atoms with Crippen molar-refractivity contribution in [2.45, 2.75) is 27.1 Å². The molecule has 0 unspecified atom stereocenters. The van der Waals surface area contributed by atoms with Gasteiger partial charge in [-0.3, -0.25) is 9.78 Å². The molecule has 0 fully saturated rings. The Hall–Kier alpha value is -2.74. The lowest BCUT2D eigenvalue weighted by Crippen LogP contribution is -2.27. The number of benzene rings is 2. The van der Waals surface area contributed by atoms with Gasteiger partial charge in [0.1, 0.15) is 6.61 Å². The first-order chi connectivity index (χ1) is 13.0. The second-order valence-electron chi connectivity index (χ2n) is 5.76. The number of hydrogen-bond donors (Lipinski definition) is 0. The van der Waals surface area contributed by atoms with Crippen LogP contribution in [0, 0.1) is 13.8 Å². The van der Waals surface area contributed by atoms with Gasteiger partial charge in [0.2, 0.25) is 0 Å². The Morgan fingerprint density at radius 1 is 0.852 bits per heavy atom. The average Bonchev–Trinajstić information content (AvgIpc) is 2.66. The van der Waals surface area contributed by atoms with E-state index in [0.717, 1.165) is 11.1 Å². The standard InChI is InChI=1S/C20H22O7/c1-4-23-13-18(24-26-19(21)16-9-5-7-14(2)11-16)25-27-20(22)17-10-6-8-15(3)12-17/h5-12,18H,4,13H2,1-3H3. The van der Waals surface area contributed by atoms with Gasteiger partial charge < -0.3 is 4.74 Å². The van der Waals surface area contributed by atoms with Crippen molar-refractivity contribution in [3.8, 4) is 0 Å². The quantitative estimate of drug-likeness (QED) is 0.377. The maximum absolute atomic E-state index is 12.0. The van der Waals surface area contributed by atoms with E-state index >= 15 is 0 Å². The van der Waals surface area contributed by atoms with Crippen molar-refractivity contribution in [3.05, 3.63) is 70.8 Å². The summed E-state index contributed by atoms with van der Waals surface area (Å²) in [6, 6.07) is 13.6. The van der Waals surface area contributed by atoms with Crippen molar-refractivity contribution in [1.29, 1.82) is 0 Å². The predicted molar refractivity (Wildman–Crippen MR) is 95.6 cm³/mol. The second-order valence-corrected chi connectivity index (χ2v) is 5.76. The molecule has 144 valence electrons. The maximum Gasteiger partial charge on any atom is 0.373 e. The third-order valence-electron chi connectivity index (χ3n) is 3.43. The van der Waals surface area contributed by atoms with E-state index in [1.807, 2.05) is 26.0 Å². The van der Waals surface area contributed by atoms with Gasteiger partial charge in [-0.05, 0) is 45.0 Å². The Balaban J connectivity index is 1.90. The van der Waals surface area contributed by atoms with Crippen molar-refractivity contribution in [1.82, 2.24) is 0 Å². The Morgan fingerprint density at radius 2 is 1.33 bits per heavy atom. The fraction of sp³-hybridized carbons (Fsp3) is 0.300. The molecule has 0 aromatic heterocycles. The fourth-order valence-corrected chi connectivity index (χ4v) is 2.12. The molecule has 0 saturated carbocycles. The highest BCUT2D eigenvalue weighted by molar-refractivity contribution is 5.89. The molecule has 0 aliphatic carbocycles. The van der Waals surface area contributed by atoms with Crippen LogP contribution in [0.4, 0.5) is 0 Å². The molecule has 2 rings (SSSR count). The molecule has 7 nitrogen and oxygen atoms in total. The normalized spacial score (nSPS) is 10.7.